The molecule has 0 amide bonds. The van der Waals surface area contributed by atoms with Crippen LogP contribution in [0, 0.1) is 42.4 Å². The topological polar surface area (TPSA) is 0 Å². The quantitative estimate of drug-likeness (QED) is 0.195. The van der Waals surface area contributed by atoms with E-state index in [4.69, 9.17) is 19.4 Å². The van der Waals surface area contributed by atoms with Gasteiger partial charge in [0.15, 0.2) is 0 Å². The lowest BCUT2D eigenvalue weighted by atomic mass is 9.69. The van der Waals surface area contributed by atoms with Crippen LogP contribution in [0.3, 0.4) is 0 Å². The second kappa shape index (κ2) is 12.9. The summed E-state index contributed by atoms with van der Waals surface area (Å²) in [6, 6.07) is 26.3. The lowest BCUT2D eigenvalue weighted by Crippen LogP contribution is -2.23. The molecule has 1 fully saturated rings. The van der Waals surface area contributed by atoms with E-state index < -0.39 is 0 Å². The number of allylic oxidation sites excluding steroid dienone is 5. The van der Waals surface area contributed by atoms with Crippen molar-refractivity contribution in [3.63, 3.8) is 0 Å². The summed E-state index contributed by atoms with van der Waals surface area (Å²) in [5.74, 6) is 7.76. The summed E-state index contributed by atoms with van der Waals surface area (Å²) < 4.78 is 0. The molecule has 0 radical (unpaired) electrons. The van der Waals surface area contributed by atoms with Crippen LogP contribution in [0.2, 0.25) is 0 Å². The number of hydrogen-bond acceptors (Lipinski definition) is 0. The van der Waals surface area contributed by atoms with Crippen LogP contribution in [0.5, 0.6) is 0 Å². The molecule has 2 aliphatic carbocycles. The highest BCUT2D eigenvalue weighted by Crippen LogP contribution is 2.44. The van der Waals surface area contributed by atoms with Crippen molar-refractivity contribution in [3.05, 3.63) is 137 Å². The number of benzene rings is 3. The average Bonchev–Trinajstić information content (AvgIpc) is 3.44. The van der Waals surface area contributed by atoms with Crippen molar-refractivity contribution < 1.29 is 0 Å². The first-order chi connectivity index (χ1) is 19.5. The molecule has 1 saturated carbocycles. The maximum atomic E-state index is 5.65. The van der Waals surface area contributed by atoms with E-state index in [9.17, 15) is 0 Å². The van der Waals surface area contributed by atoms with Crippen molar-refractivity contribution in [1.82, 2.24) is 0 Å². The Morgan fingerprint density at radius 2 is 1.60 bits per heavy atom. The van der Waals surface area contributed by atoms with Crippen molar-refractivity contribution in [3.8, 4) is 24.7 Å². The molecule has 2 atom stereocenters. The van der Waals surface area contributed by atoms with Crippen molar-refractivity contribution in [2.24, 2.45) is 17.8 Å². The van der Waals surface area contributed by atoms with Gasteiger partial charge in [-0.1, -0.05) is 97.7 Å². The fraction of sp³-hybridized carbons (Fsp3) is 0.300. The summed E-state index contributed by atoms with van der Waals surface area (Å²) in [4.78, 5) is 0. The molecule has 0 spiro atoms. The molecule has 5 rings (SSSR count). The van der Waals surface area contributed by atoms with E-state index >= 15 is 0 Å². The molecule has 0 nitrogen and oxygen atoms in total. The van der Waals surface area contributed by atoms with Gasteiger partial charge < -0.3 is 0 Å². The highest BCUT2D eigenvalue weighted by atomic mass is 14.3. The van der Waals surface area contributed by atoms with Crippen LogP contribution in [0.25, 0.3) is 5.57 Å². The first-order valence-corrected chi connectivity index (χ1v) is 14.8. The molecule has 0 heteroatoms. The molecule has 0 aliphatic heterocycles. The van der Waals surface area contributed by atoms with Crippen LogP contribution in [-0.4, -0.2) is 0 Å². The minimum atomic E-state index is 0.382. The van der Waals surface area contributed by atoms with Crippen LogP contribution in [0.15, 0.2) is 103 Å². The predicted octanol–water partition coefficient (Wildman–Crippen LogP) is 9.56. The van der Waals surface area contributed by atoms with Crippen LogP contribution >= 0.6 is 0 Å². The molecular formula is C40H40. The zero-order valence-corrected chi connectivity index (χ0v) is 23.8. The summed E-state index contributed by atoms with van der Waals surface area (Å²) in [5.41, 5.74) is 10.00. The normalized spacial score (nSPS) is 20.8. The maximum absolute atomic E-state index is 5.65. The third-order valence-electron chi connectivity index (χ3n) is 8.90. The number of aryl methyl sites for hydroxylation is 1. The number of terminal acetylenes is 2. The molecule has 0 saturated heterocycles. The van der Waals surface area contributed by atoms with Gasteiger partial charge in [-0.25, -0.2) is 0 Å². The molecule has 200 valence electrons. The SMILES string of the molecule is C#Cc1ccc(CC2CCC(C(C(=C)CCc3cccc(C#C)c3)c3ccc(C4=CC(C)C=C4)cc3)CC2)cc1. The fourth-order valence-electron chi connectivity index (χ4n) is 6.64. The summed E-state index contributed by atoms with van der Waals surface area (Å²) in [6.07, 6.45) is 26.2. The zero-order valence-electron chi connectivity index (χ0n) is 23.8. The molecule has 0 aromatic heterocycles. The van der Waals surface area contributed by atoms with Gasteiger partial charge in [-0.3, -0.25) is 0 Å². The standard InChI is InChI=1S/C40H40/c1-5-31-13-15-34(16-14-31)28-35-17-20-37(21-18-35)40(30(4)11-12-33-9-7-8-32(6-2)27-33)38-24-22-36(23-25-38)39-19-10-29(3)26-39/h1-2,7-10,13-16,19,22-27,29,35,37,40H,4,11-12,17-18,20-21,28H2,3H3. The van der Waals surface area contributed by atoms with Gasteiger partial charge in [0.1, 0.15) is 0 Å². The summed E-state index contributed by atoms with van der Waals surface area (Å²) in [7, 11) is 0. The predicted molar refractivity (Wildman–Crippen MR) is 171 cm³/mol. The largest absolute Gasteiger partial charge is 0.115 e. The first-order valence-electron chi connectivity index (χ1n) is 14.8. The molecule has 2 aliphatic rings. The lowest BCUT2D eigenvalue weighted by Gasteiger charge is -2.35. The Hall–Kier alpha value is -4.00. The van der Waals surface area contributed by atoms with Crippen LogP contribution in [-0.2, 0) is 12.8 Å². The highest BCUT2D eigenvalue weighted by Gasteiger charge is 2.30. The summed E-state index contributed by atoms with van der Waals surface area (Å²) in [6.45, 7) is 6.93. The van der Waals surface area contributed by atoms with Crippen molar-refractivity contribution in [1.29, 1.82) is 0 Å². The molecule has 0 bridgehead atoms. The Balaban J connectivity index is 1.30. The molecule has 0 N–H and O–H groups in total. The van der Waals surface area contributed by atoms with Gasteiger partial charge >= 0.3 is 0 Å². The Morgan fingerprint density at radius 1 is 0.875 bits per heavy atom. The van der Waals surface area contributed by atoms with E-state index in [1.807, 2.05) is 6.07 Å². The monoisotopic (exact) mass is 520 g/mol. The molecule has 40 heavy (non-hydrogen) atoms. The van der Waals surface area contributed by atoms with Gasteiger partial charge in [-0.05, 0) is 115 Å². The third kappa shape index (κ3) is 6.76. The van der Waals surface area contributed by atoms with Gasteiger partial charge in [-0.15, -0.1) is 12.8 Å². The first kappa shape index (κ1) is 27.6. The number of hydrogen-bond donors (Lipinski definition) is 0. The Kier molecular flexibility index (Phi) is 8.89. The van der Waals surface area contributed by atoms with E-state index in [1.54, 1.807) is 0 Å². The molecule has 2 unspecified atom stereocenters. The van der Waals surface area contributed by atoms with Gasteiger partial charge in [-0.2, -0.15) is 0 Å². The molecule has 3 aromatic rings. The average molecular weight is 521 g/mol. The highest BCUT2D eigenvalue weighted by molar-refractivity contribution is 5.76. The van der Waals surface area contributed by atoms with Crippen molar-refractivity contribution in [2.75, 3.05) is 0 Å². The minimum absolute atomic E-state index is 0.382. The minimum Gasteiger partial charge on any atom is -0.115 e. The Morgan fingerprint density at radius 3 is 2.25 bits per heavy atom. The van der Waals surface area contributed by atoms with Crippen molar-refractivity contribution in [2.45, 2.75) is 57.8 Å². The third-order valence-corrected chi connectivity index (χ3v) is 8.90. The number of rotatable bonds is 9. The van der Waals surface area contributed by atoms with E-state index in [0.29, 0.717) is 17.8 Å². The molecule has 3 aromatic carbocycles. The van der Waals surface area contributed by atoms with Crippen LogP contribution in [0.4, 0.5) is 0 Å². The van der Waals surface area contributed by atoms with Gasteiger partial charge in [0, 0.05) is 17.0 Å². The molecule has 0 heterocycles. The van der Waals surface area contributed by atoms with Crippen molar-refractivity contribution >= 4 is 5.57 Å². The smallest absolute Gasteiger partial charge is 0.0245 e. The van der Waals surface area contributed by atoms with Crippen LogP contribution < -0.4 is 0 Å². The van der Waals surface area contributed by atoms with Gasteiger partial charge in [0.2, 0.25) is 0 Å². The van der Waals surface area contributed by atoms with E-state index in [1.165, 1.54) is 59.1 Å². The maximum Gasteiger partial charge on any atom is 0.0245 e. The van der Waals surface area contributed by atoms with Crippen LogP contribution in [0.1, 0.15) is 78.3 Å². The van der Waals surface area contributed by atoms with E-state index in [0.717, 1.165) is 36.3 Å². The summed E-state index contributed by atoms with van der Waals surface area (Å²) >= 11 is 0. The summed E-state index contributed by atoms with van der Waals surface area (Å²) in [5, 5.41) is 0. The van der Waals surface area contributed by atoms with Gasteiger partial charge in [0.25, 0.3) is 0 Å². The Labute approximate surface area is 241 Å². The second-order valence-electron chi connectivity index (χ2n) is 11.8. The second-order valence-corrected chi connectivity index (χ2v) is 11.8. The van der Waals surface area contributed by atoms with E-state index in [2.05, 4.69) is 104 Å². The zero-order chi connectivity index (χ0) is 27.9. The Bertz CT molecular complexity index is 1450. The lowest BCUT2D eigenvalue weighted by molar-refractivity contribution is 0.252. The fourth-order valence-corrected chi connectivity index (χ4v) is 6.64. The van der Waals surface area contributed by atoms with Gasteiger partial charge in [0.05, 0.1) is 0 Å². The molecular weight excluding hydrogens is 480 g/mol. The van der Waals surface area contributed by atoms with E-state index in [-0.39, 0.29) is 0 Å².